The SMILES string of the molecule is C[C@H](NC(=O)Nc1ccc(Cl)cc1)C(=O)N1CCOC(c2ccccc2)C1. The number of hydrogen-bond donors (Lipinski definition) is 2. The molecule has 3 amide bonds. The number of benzene rings is 2. The molecule has 1 saturated heterocycles. The third-order valence-electron chi connectivity index (χ3n) is 4.37. The van der Waals surface area contributed by atoms with Crippen LogP contribution >= 0.6 is 11.6 Å². The summed E-state index contributed by atoms with van der Waals surface area (Å²) in [6.07, 6.45) is -0.154. The van der Waals surface area contributed by atoms with E-state index in [2.05, 4.69) is 10.6 Å². The molecule has 27 heavy (non-hydrogen) atoms. The first-order chi connectivity index (χ1) is 13.0. The topological polar surface area (TPSA) is 70.7 Å². The lowest BCUT2D eigenvalue weighted by Gasteiger charge is -2.34. The molecule has 142 valence electrons. The molecule has 1 unspecified atom stereocenters. The van der Waals surface area contributed by atoms with Crippen molar-refractivity contribution in [2.75, 3.05) is 25.0 Å². The zero-order valence-electron chi connectivity index (χ0n) is 15.0. The van der Waals surface area contributed by atoms with Crippen LogP contribution in [-0.4, -0.2) is 42.6 Å². The first-order valence-corrected chi connectivity index (χ1v) is 9.19. The normalized spacial score (nSPS) is 17.9. The molecule has 2 N–H and O–H groups in total. The van der Waals surface area contributed by atoms with E-state index in [-0.39, 0.29) is 12.0 Å². The number of nitrogens with one attached hydrogen (secondary N) is 2. The third-order valence-corrected chi connectivity index (χ3v) is 4.62. The monoisotopic (exact) mass is 387 g/mol. The van der Waals surface area contributed by atoms with E-state index >= 15 is 0 Å². The standard InChI is InChI=1S/C20H22ClN3O3/c1-14(22-20(26)23-17-9-7-16(21)8-10-17)19(25)24-11-12-27-18(13-24)15-5-3-2-4-6-15/h2-10,14,18H,11-13H2,1H3,(H2,22,23,26)/t14-,18?/m0/s1. The van der Waals surface area contributed by atoms with Crippen molar-refractivity contribution < 1.29 is 14.3 Å². The maximum Gasteiger partial charge on any atom is 0.319 e. The van der Waals surface area contributed by atoms with Crippen molar-refractivity contribution in [1.29, 1.82) is 0 Å². The van der Waals surface area contributed by atoms with E-state index < -0.39 is 12.1 Å². The highest BCUT2D eigenvalue weighted by Gasteiger charge is 2.28. The van der Waals surface area contributed by atoms with Crippen molar-refractivity contribution in [3.05, 3.63) is 65.2 Å². The van der Waals surface area contributed by atoms with Gasteiger partial charge in [-0.05, 0) is 36.8 Å². The predicted octanol–water partition coefficient (Wildman–Crippen LogP) is 3.45. The van der Waals surface area contributed by atoms with Gasteiger partial charge in [-0.25, -0.2) is 4.79 Å². The molecule has 1 heterocycles. The van der Waals surface area contributed by atoms with Crippen LogP contribution in [-0.2, 0) is 9.53 Å². The molecular weight excluding hydrogens is 366 g/mol. The number of amides is 3. The number of carbonyl (C=O) groups is 2. The number of hydrogen-bond acceptors (Lipinski definition) is 3. The second-order valence-electron chi connectivity index (χ2n) is 6.38. The van der Waals surface area contributed by atoms with Crippen molar-refractivity contribution in [3.8, 4) is 0 Å². The first-order valence-electron chi connectivity index (χ1n) is 8.81. The van der Waals surface area contributed by atoms with E-state index in [9.17, 15) is 9.59 Å². The Labute approximate surface area is 163 Å². The van der Waals surface area contributed by atoms with Crippen LogP contribution in [0.5, 0.6) is 0 Å². The van der Waals surface area contributed by atoms with Crippen LogP contribution in [0.4, 0.5) is 10.5 Å². The van der Waals surface area contributed by atoms with E-state index in [0.29, 0.717) is 30.4 Å². The Bertz CT molecular complexity index is 783. The van der Waals surface area contributed by atoms with Gasteiger partial charge in [0.1, 0.15) is 12.1 Å². The number of anilines is 1. The van der Waals surface area contributed by atoms with Crippen molar-refractivity contribution in [2.24, 2.45) is 0 Å². The molecule has 7 heteroatoms. The molecule has 0 aromatic heterocycles. The van der Waals surface area contributed by atoms with Crippen LogP contribution in [0, 0.1) is 0 Å². The van der Waals surface area contributed by atoms with Crippen molar-refractivity contribution >= 4 is 29.2 Å². The molecule has 0 aliphatic carbocycles. The number of morpholine rings is 1. The molecule has 0 spiro atoms. The molecule has 2 atom stereocenters. The van der Waals surface area contributed by atoms with Crippen LogP contribution in [0.25, 0.3) is 0 Å². The van der Waals surface area contributed by atoms with Crippen LogP contribution in [0.15, 0.2) is 54.6 Å². The molecule has 1 fully saturated rings. The molecule has 2 aromatic rings. The molecule has 0 radical (unpaired) electrons. The van der Waals surface area contributed by atoms with Crippen LogP contribution in [0.1, 0.15) is 18.6 Å². The summed E-state index contributed by atoms with van der Waals surface area (Å²) in [4.78, 5) is 26.6. The minimum absolute atomic E-state index is 0.134. The Balaban J connectivity index is 1.54. The van der Waals surface area contributed by atoms with E-state index in [1.807, 2.05) is 30.3 Å². The van der Waals surface area contributed by atoms with Crippen molar-refractivity contribution in [3.63, 3.8) is 0 Å². The van der Waals surface area contributed by atoms with E-state index in [1.165, 1.54) is 0 Å². The van der Waals surface area contributed by atoms with Gasteiger partial charge in [-0.15, -0.1) is 0 Å². The zero-order chi connectivity index (χ0) is 19.2. The molecule has 1 aliphatic heterocycles. The van der Waals surface area contributed by atoms with Gasteiger partial charge in [0.2, 0.25) is 5.91 Å². The van der Waals surface area contributed by atoms with Crippen molar-refractivity contribution in [1.82, 2.24) is 10.2 Å². The Morgan fingerprint density at radius 1 is 1.15 bits per heavy atom. The molecule has 3 rings (SSSR count). The lowest BCUT2D eigenvalue weighted by Crippen LogP contribution is -2.51. The van der Waals surface area contributed by atoms with Gasteiger partial charge in [0.25, 0.3) is 0 Å². The maximum absolute atomic E-state index is 12.7. The summed E-state index contributed by atoms with van der Waals surface area (Å²) < 4.78 is 5.79. The molecule has 2 aromatic carbocycles. The molecule has 1 aliphatic rings. The fraction of sp³-hybridized carbons (Fsp3) is 0.300. The van der Waals surface area contributed by atoms with E-state index in [0.717, 1.165) is 5.56 Å². The second kappa shape index (κ2) is 8.88. The number of halogens is 1. The number of nitrogens with zero attached hydrogens (tertiary/aromatic N) is 1. The fourth-order valence-corrected chi connectivity index (χ4v) is 3.08. The quantitative estimate of drug-likeness (QED) is 0.844. The van der Waals surface area contributed by atoms with Gasteiger partial charge < -0.3 is 20.3 Å². The smallest absolute Gasteiger partial charge is 0.319 e. The Morgan fingerprint density at radius 2 is 1.85 bits per heavy atom. The predicted molar refractivity (Wildman–Crippen MR) is 105 cm³/mol. The summed E-state index contributed by atoms with van der Waals surface area (Å²) in [6, 6.07) is 15.5. The lowest BCUT2D eigenvalue weighted by molar-refractivity contribution is -0.140. The number of carbonyl (C=O) groups excluding carboxylic acids is 2. The largest absolute Gasteiger partial charge is 0.370 e. The van der Waals surface area contributed by atoms with E-state index in [1.54, 1.807) is 36.1 Å². The molecular formula is C20H22ClN3O3. The van der Waals surface area contributed by atoms with Gasteiger partial charge in [0.05, 0.1) is 13.2 Å². The first kappa shape index (κ1) is 19.2. The van der Waals surface area contributed by atoms with Crippen molar-refractivity contribution in [2.45, 2.75) is 19.1 Å². The maximum atomic E-state index is 12.7. The Kier molecular flexibility index (Phi) is 6.32. The molecule has 6 nitrogen and oxygen atoms in total. The highest BCUT2D eigenvalue weighted by molar-refractivity contribution is 6.30. The van der Waals surface area contributed by atoms with Gasteiger partial charge in [-0.2, -0.15) is 0 Å². The minimum Gasteiger partial charge on any atom is -0.370 e. The Hall–Kier alpha value is -2.57. The minimum atomic E-state index is -0.646. The molecule has 0 bridgehead atoms. The van der Waals surface area contributed by atoms with Gasteiger partial charge >= 0.3 is 6.03 Å². The third kappa shape index (κ3) is 5.21. The summed E-state index contributed by atoms with van der Waals surface area (Å²) in [5.41, 5.74) is 1.64. The second-order valence-corrected chi connectivity index (χ2v) is 6.82. The van der Waals surface area contributed by atoms with Gasteiger partial charge in [0.15, 0.2) is 0 Å². The average Bonchev–Trinajstić information content (AvgIpc) is 2.70. The van der Waals surface area contributed by atoms with Gasteiger partial charge in [0, 0.05) is 17.3 Å². The molecule has 0 saturated carbocycles. The number of urea groups is 1. The highest BCUT2D eigenvalue weighted by atomic mass is 35.5. The van der Waals surface area contributed by atoms with Crippen LogP contribution in [0.3, 0.4) is 0 Å². The van der Waals surface area contributed by atoms with Crippen LogP contribution < -0.4 is 10.6 Å². The Morgan fingerprint density at radius 3 is 2.56 bits per heavy atom. The fourth-order valence-electron chi connectivity index (χ4n) is 2.95. The summed E-state index contributed by atoms with van der Waals surface area (Å²) >= 11 is 5.83. The number of ether oxygens (including phenoxy) is 1. The van der Waals surface area contributed by atoms with Crippen LogP contribution in [0.2, 0.25) is 5.02 Å². The summed E-state index contributed by atoms with van der Waals surface area (Å²) in [5, 5.41) is 5.96. The zero-order valence-corrected chi connectivity index (χ0v) is 15.8. The van der Waals surface area contributed by atoms with Gasteiger partial charge in [-0.1, -0.05) is 41.9 Å². The summed E-state index contributed by atoms with van der Waals surface area (Å²) in [7, 11) is 0. The lowest BCUT2D eigenvalue weighted by atomic mass is 10.1. The number of rotatable bonds is 4. The highest BCUT2D eigenvalue weighted by Crippen LogP contribution is 2.22. The average molecular weight is 388 g/mol. The summed E-state index contributed by atoms with van der Waals surface area (Å²) in [5.74, 6) is -0.134. The van der Waals surface area contributed by atoms with E-state index in [4.69, 9.17) is 16.3 Å². The summed E-state index contributed by atoms with van der Waals surface area (Å²) in [6.45, 7) is 3.12. The van der Waals surface area contributed by atoms with Gasteiger partial charge in [-0.3, -0.25) is 4.79 Å².